The van der Waals surface area contributed by atoms with Crippen LogP contribution in [0.25, 0.3) is 0 Å². The fourth-order valence-electron chi connectivity index (χ4n) is 2.25. The van der Waals surface area contributed by atoms with E-state index in [9.17, 15) is 8.42 Å². The second-order valence-corrected chi connectivity index (χ2v) is 6.35. The van der Waals surface area contributed by atoms with Crippen LogP contribution in [0.2, 0.25) is 0 Å². The van der Waals surface area contributed by atoms with Gasteiger partial charge in [0.05, 0.1) is 0 Å². The molecule has 1 aliphatic rings. The first-order valence-corrected chi connectivity index (χ1v) is 7.40. The summed E-state index contributed by atoms with van der Waals surface area (Å²) in [5.41, 5.74) is 0.451. The number of nitrogens with zero attached hydrogens (tertiary/aromatic N) is 2. The largest absolute Gasteiger partial charge is 0.360 e. The summed E-state index contributed by atoms with van der Waals surface area (Å²) in [4.78, 5) is 0.249. The molecule has 0 N–H and O–H groups in total. The van der Waals surface area contributed by atoms with Crippen molar-refractivity contribution in [3.63, 3.8) is 0 Å². The summed E-state index contributed by atoms with van der Waals surface area (Å²) in [5.74, 6) is 0.381. The van der Waals surface area contributed by atoms with Crippen molar-refractivity contribution in [2.24, 2.45) is 0 Å². The summed E-state index contributed by atoms with van der Waals surface area (Å²) < 4.78 is 31.4. The van der Waals surface area contributed by atoms with E-state index in [0.29, 0.717) is 24.5 Å². The molecule has 2 heterocycles. The van der Waals surface area contributed by atoms with Gasteiger partial charge in [-0.3, -0.25) is 0 Å². The molecule has 0 unspecified atom stereocenters. The van der Waals surface area contributed by atoms with Gasteiger partial charge in [0.1, 0.15) is 10.6 Å². The topological polar surface area (TPSA) is 63.4 Å². The minimum absolute atomic E-state index is 0.249. The molecule has 1 aliphatic heterocycles. The molecule has 1 fully saturated rings. The number of hydrogen-bond acceptors (Lipinski definition) is 4. The normalized spacial score (nSPS) is 19.2. The fraction of sp³-hybridized carbons (Fsp3) is 0.727. The molecule has 6 heteroatoms. The maximum Gasteiger partial charge on any atom is 0.248 e. The molecule has 0 aliphatic carbocycles. The summed E-state index contributed by atoms with van der Waals surface area (Å²) in [7, 11) is -3.43. The molecule has 5 nitrogen and oxygen atoms in total. The predicted molar refractivity (Wildman–Crippen MR) is 63.2 cm³/mol. The summed E-state index contributed by atoms with van der Waals surface area (Å²) >= 11 is 0. The van der Waals surface area contributed by atoms with Gasteiger partial charge in [-0.25, -0.2) is 8.42 Å². The molecule has 0 saturated carbocycles. The van der Waals surface area contributed by atoms with Gasteiger partial charge in [0, 0.05) is 13.1 Å². The van der Waals surface area contributed by atoms with E-state index < -0.39 is 10.0 Å². The van der Waals surface area contributed by atoms with Gasteiger partial charge in [-0.15, -0.1) is 0 Å². The van der Waals surface area contributed by atoms with Crippen LogP contribution in [0.5, 0.6) is 0 Å². The molecule has 0 amide bonds. The van der Waals surface area contributed by atoms with Crippen LogP contribution in [0.3, 0.4) is 0 Å². The number of aryl methyl sites for hydroxylation is 2. The van der Waals surface area contributed by atoms with E-state index in [1.165, 1.54) is 0 Å². The van der Waals surface area contributed by atoms with E-state index in [1.54, 1.807) is 18.2 Å². The maximum atomic E-state index is 12.5. The monoisotopic (exact) mass is 258 g/mol. The van der Waals surface area contributed by atoms with E-state index in [4.69, 9.17) is 4.52 Å². The predicted octanol–water partition coefficient (Wildman–Crippen LogP) is 1.86. The third-order valence-electron chi connectivity index (χ3n) is 3.13. The van der Waals surface area contributed by atoms with Gasteiger partial charge >= 0.3 is 0 Å². The van der Waals surface area contributed by atoms with Gasteiger partial charge in [0.15, 0.2) is 5.76 Å². The lowest BCUT2D eigenvalue weighted by Crippen LogP contribution is -2.32. The standard InChI is InChI=1S/C11H18N2O3S/c1-9-11(10(2)16-12-9)17(14,15)13-7-5-3-4-6-8-13/h3-8H2,1-2H3. The molecule has 96 valence electrons. The number of sulfonamides is 1. The van der Waals surface area contributed by atoms with Crippen LogP contribution in [0.4, 0.5) is 0 Å². The molecule has 1 aromatic heterocycles. The van der Waals surface area contributed by atoms with Gasteiger partial charge in [-0.2, -0.15) is 4.31 Å². The van der Waals surface area contributed by atoms with Crippen molar-refractivity contribution < 1.29 is 12.9 Å². The first-order valence-electron chi connectivity index (χ1n) is 5.96. The lowest BCUT2D eigenvalue weighted by molar-refractivity contribution is 0.388. The van der Waals surface area contributed by atoms with E-state index in [0.717, 1.165) is 25.7 Å². The van der Waals surface area contributed by atoms with E-state index in [-0.39, 0.29) is 4.90 Å². The summed E-state index contributed by atoms with van der Waals surface area (Å²) in [6.45, 7) is 4.52. The van der Waals surface area contributed by atoms with Crippen molar-refractivity contribution in [2.45, 2.75) is 44.4 Å². The van der Waals surface area contributed by atoms with Crippen molar-refractivity contribution >= 4 is 10.0 Å². The molecule has 0 spiro atoms. The van der Waals surface area contributed by atoms with Crippen molar-refractivity contribution in [3.8, 4) is 0 Å². The molecule has 0 atom stereocenters. The van der Waals surface area contributed by atoms with Gasteiger partial charge in [-0.1, -0.05) is 18.0 Å². The van der Waals surface area contributed by atoms with Crippen molar-refractivity contribution in [2.75, 3.05) is 13.1 Å². The highest BCUT2D eigenvalue weighted by molar-refractivity contribution is 7.89. The van der Waals surface area contributed by atoms with E-state index in [1.807, 2.05) is 0 Å². The average molecular weight is 258 g/mol. The van der Waals surface area contributed by atoms with Gasteiger partial charge in [0.2, 0.25) is 10.0 Å². The highest BCUT2D eigenvalue weighted by Crippen LogP contribution is 2.25. The third-order valence-corrected chi connectivity index (χ3v) is 5.27. The van der Waals surface area contributed by atoms with Crippen molar-refractivity contribution in [1.29, 1.82) is 0 Å². The number of rotatable bonds is 2. The zero-order chi connectivity index (χ0) is 12.5. The minimum atomic E-state index is -3.43. The van der Waals surface area contributed by atoms with Crippen molar-refractivity contribution in [3.05, 3.63) is 11.5 Å². The molecule has 1 saturated heterocycles. The Morgan fingerprint density at radius 3 is 2.18 bits per heavy atom. The lowest BCUT2D eigenvalue weighted by Gasteiger charge is -2.19. The Morgan fingerprint density at radius 2 is 1.71 bits per heavy atom. The molecule has 0 aromatic carbocycles. The fourth-order valence-corrected chi connectivity index (χ4v) is 4.06. The Morgan fingerprint density at radius 1 is 1.12 bits per heavy atom. The Hall–Kier alpha value is -0.880. The number of aromatic nitrogens is 1. The second kappa shape index (κ2) is 4.78. The maximum absolute atomic E-state index is 12.5. The van der Waals surface area contributed by atoms with Gasteiger partial charge in [-0.05, 0) is 26.7 Å². The lowest BCUT2D eigenvalue weighted by atomic mass is 10.2. The van der Waals surface area contributed by atoms with Crippen LogP contribution in [0.1, 0.15) is 37.1 Å². The average Bonchev–Trinajstić information content (AvgIpc) is 2.53. The zero-order valence-electron chi connectivity index (χ0n) is 10.3. The van der Waals surface area contributed by atoms with Gasteiger partial charge in [0.25, 0.3) is 0 Å². The summed E-state index contributed by atoms with van der Waals surface area (Å²) in [6.07, 6.45) is 4.08. The Balaban J connectivity index is 2.35. The van der Waals surface area contributed by atoms with Crippen LogP contribution in [-0.4, -0.2) is 31.0 Å². The summed E-state index contributed by atoms with van der Waals surface area (Å²) in [5, 5.41) is 3.72. The zero-order valence-corrected chi connectivity index (χ0v) is 11.1. The van der Waals surface area contributed by atoms with Crippen LogP contribution in [0, 0.1) is 13.8 Å². The van der Waals surface area contributed by atoms with Gasteiger partial charge < -0.3 is 4.52 Å². The molecule has 1 aromatic rings. The molecule has 0 radical (unpaired) electrons. The van der Waals surface area contributed by atoms with Crippen LogP contribution in [0.15, 0.2) is 9.42 Å². The Labute approximate surface area is 102 Å². The number of hydrogen-bond donors (Lipinski definition) is 0. The van der Waals surface area contributed by atoms with Crippen LogP contribution in [-0.2, 0) is 10.0 Å². The third kappa shape index (κ3) is 2.37. The highest BCUT2D eigenvalue weighted by atomic mass is 32.2. The smallest absolute Gasteiger partial charge is 0.248 e. The first-order chi connectivity index (χ1) is 8.03. The molecular formula is C11H18N2O3S. The Bertz CT molecular complexity index is 465. The SMILES string of the molecule is Cc1noc(C)c1S(=O)(=O)N1CCCCCC1. The Kier molecular flexibility index (Phi) is 3.53. The summed E-state index contributed by atoms with van der Waals surface area (Å²) in [6, 6.07) is 0. The quantitative estimate of drug-likeness (QED) is 0.812. The second-order valence-electron chi connectivity index (χ2n) is 4.47. The molecule has 2 rings (SSSR count). The molecule has 17 heavy (non-hydrogen) atoms. The van der Waals surface area contributed by atoms with Crippen LogP contribution < -0.4 is 0 Å². The van der Waals surface area contributed by atoms with Crippen molar-refractivity contribution in [1.82, 2.24) is 9.46 Å². The molecular weight excluding hydrogens is 240 g/mol. The highest BCUT2D eigenvalue weighted by Gasteiger charge is 2.30. The minimum Gasteiger partial charge on any atom is -0.360 e. The van der Waals surface area contributed by atoms with E-state index >= 15 is 0 Å². The van der Waals surface area contributed by atoms with E-state index in [2.05, 4.69) is 5.16 Å². The van der Waals surface area contributed by atoms with Crippen LogP contribution >= 0.6 is 0 Å². The molecule has 0 bridgehead atoms. The first kappa shape index (κ1) is 12.6.